The zero-order valence-electron chi connectivity index (χ0n) is 25.6. The average molecular weight is 589 g/mol. The monoisotopic (exact) mass is 588 g/mol. The molecule has 0 amide bonds. The molecule has 0 aromatic carbocycles. The largest absolute Gasteiger partial charge is 3.00 e. The number of hydrogen-bond donors (Lipinski definition) is 0. The quantitative estimate of drug-likeness (QED) is 0.243. The third-order valence-electron chi connectivity index (χ3n) is 3.35. The molecule has 1 heterocycles. The minimum absolute atomic E-state index is 0. The molecule has 0 N–H and O–H groups in total. The summed E-state index contributed by atoms with van der Waals surface area (Å²) < 4.78 is 9.49. The molecule has 0 aromatic rings. The second-order valence-electron chi connectivity index (χ2n) is 14.6. The summed E-state index contributed by atoms with van der Waals surface area (Å²) in [6, 6.07) is 0. The van der Waals surface area contributed by atoms with E-state index in [4.69, 9.17) is 10.2 Å². The van der Waals surface area contributed by atoms with E-state index >= 15 is 0 Å². The van der Waals surface area contributed by atoms with Gasteiger partial charge < -0.3 is 15.3 Å². The van der Waals surface area contributed by atoms with Crippen molar-refractivity contribution in [3.8, 4) is 0 Å². The molecule has 198 valence electrons. The normalized spacial score (nSPS) is 21.6. The van der Waals surface area contributed by atoms with E-state index in [-0.39, 0.29) is 53.0 Å². The van der Waals surface area contributed by atoms with Crippen LogP contribution in [0.5, 0.6) is 0 Å². The van der Waals surface area contributed by atoms with Crippen LogP contribution in [-0.2, 0) is 0 Å². The van der Waals surface area contributed by atoms with Gasteiger partial charge in [-0.25, -0.2) is 0 Å². The predicted molar refractivity (Wildman–Crippen MR) is 161 cm³/mol. The molecule has 0 atom stereocenters. The first kappa shape index (κ1) is 37.5. The summed E-state index contributed by atoms with van der Waals surface area (Å²) in [6.45, 7) is 39.4. The number of hydrogen-bond acceptors (Lipinski definition) is 3. The van der Waals surface area contributed by atoms with Crippen molar-refractivity contribution in [1.29, 1.82) is 0 Å². The predicted octanol–water partition coefficient (Wildman–Crippen LogP) is 10.6. The fraction of sp³-hybridized carbons (Fsp3) is 1.00. The fourth-order valence-electron chi connectivity index (χ4n) is 2.34. The molecule has 0 aliphatic carbocycles. The second kappa shape index (κ2) is 13.0. The van der Waals surface area contributed by atoms with Crippen LogP contribution in [0.4, 0.5) is 0 Å². The van der Waals surface area contributed by atoms with Crippen LogP contribution in [-0.4, -0.2) is 61.9 Å². The molecule has 1 rings (SSSR count). The van der Waals surface area contributed by atoms with Crippen LogP contribution >= 0.6 is 25.3 Å². The molecule has 10 heteroatoms. The van der Waals surface area contributed by atoms with Gasteiger partial charge in [-0.05, 0) is 62.3 Å². The Morgan fingerprint density at radius 3 is 1.00 bits per heavy atom. The maximum absolute atomic E-state index is 5.16. The van der Waals surface area contributed by atoms with Crippen LogP contribution in [0.25, 0.3) is 15.3 Å². The molecule has 0 radical (unpaired) electrons. The zero-order chi connectivity index (χ0) is 26.8. The van der Waals surface area contributed by atoms with Crippen molar-refractivity contribution in [2.75, 3.05) is 0 Å². The molecule has 0 saturated carbocycles. The Morgan fingerprint density at radius 1 is 0.529 bits per heavy atom. The molecule has 1 fully saturated rings. The zero-order valence-corrected chi connectivity index (χ0v) is 30.7. The Hall–Kier alpha value is 1.40. The van der Waals surface area contributed by atoms with E-state index in [1.54, 1.807) is 0 Å². The first-order chi connectivity index (χ1) is 14.1. The van der Waals surface area contributed by atoms with Crippen LogP contribution in [0, 0.1) is 0 Å². The first-order valence-corrected chi connectivity index (χ1v) is 15.1. The molecular formula is C24H54GaN6P3. The standard InChI is InChI=1S/C16H36N4P2.C8H18N2P.Ga/c1-13(2,3)17-21-19(15(7,8)9)22(18-14(4,5)6)20(21)16(10,11)12;1-7(2,3)9-11-10-8(4,5)6;/h1-12H3;1-6H3;/q-2;-1;+3. The summed E-state index contributed by atoms with van der Waals surface area (Å²) in [5, 5.41) is 14.7. The minimum atomic E-state index is -0.654. The Labute approximate surface area is 231 Å². The molecule has 0 bridgehead atoms. The molecule has 1 saturated heterocycles. The van der Waals surface area contributed by atoms with Gasteiger partial charge in [0, 0.05) is 11.1 Å². The van der Waals surface area contributed by atoms with Crippen molar-refractivity contribution in [2.45, 2.75) is 158 Å². The molecule has 0 spiro atoms. The van der Waals surface area contributed by atoms with Gasteiger partial charge >= 0.3 is 19.8 Å². The topological polar surface area (TPSA) is 61.1 Å². The van der Waals surface area contributed by atoms with E-state index in [9.17, 15) is 0 Å². The molecule has 0 unspecified atom stereocenters. The van der Waals surface area contributed by atoms with E-state index < -0.39 is 16.7 Å². The van der Waals surface area contributed by atoms with Gasteiger partial charge in [-0.1, -0.05) is 79.1 Å². The molecule has 34 heavy (non-hydrogen) atoms. The Balaban J connectivity index is 0. The van der Waals surface area contributed by atoms with Crippen LogP contribution in [0.3, 0.4) is 0 Å². The summed E-state index contributed by atoms with van der Waals surface area (Å²) in [7, 11) is -0.458. The molecular weight excluding hydrogens is 535 g/mol. The van der Waals surface area contributed by atoms with E-state index in [1.807, 2.05) is 0 Å². The molecule has 6 nitrogen and oxygen atoms in total. The fourth-order valence-corrected chi connectivity index (χ4v) is 8.87. The summed E-state index contributed by atoms with van der Waals surface area (Å²) in [6.07, 6.45) is 0. The van der Waals surface area contributed by atoms with E-state index in [1.165, 1.54) is 0 Å². The van der Waals surface area contributed by atoms with Crippen LogP contribution < -0.4 is 0 Å². The van der Waals surface area contributed by atoms with Crippen LogP contribution in [0.15, 0.2) is 4.74 Å². The maximum atomic E-state index is 5.16. The van der Waals surface area contributed by atoms with Crippen molar-refractivity contribution in [3.63, 3.8) is 0 Å². The van der Waals surface area contributed by atoms with Gasteiger partial charge in [-0.3, -0.25) is 13.6 Å². The van der Waals surface area contributed by atoms with Gasteiger partial charge in [0.1, 0.15) is 0 Å². The minimum Gasteiger partial charge on any atom is -0.605 e. The Morgan fingerprint density at radius 2 is 0.824 bits per heavy atom. The molecule has 1 aliphatic heterocycles. The smallest absolute Gasteiger partial charge is 0.605 e. The third kappa shape index (κ3) is 15.6. The van der Waals surface area contributed by atoms with Gasteiger partial charge in [0.15, 0.2) is 0 Å². The summed E-state index contributed by atoms with van der Waals surface area (Å²) in [5.41, 5.74) is 0.196. The third-order valence-corrected chi connectivity index (χ3v) is 12.0. The van der Waals surface area contributed by atoms with E-state index in [2.05, 4.69) is 143 Å². The maximum Gasteiger partial charge on any atom is 3.00 e. The van der Waals surface area contributed by atoms with Crippen LogP contribution in [0.2, 0.25) is 0 Å². The Bertz CT molecular complexity index is 586. The van der Waals surface area contributed by atoms with Crippen molar-refractivity contribution in [1.82, 2.24) is 8.88 Å². The van der Waals surface area contributed by atoms with Gasteiger partial charge in [0.2, 0.25) is 0 Å². The van der Waals surface area contributed by atoms with Crippen molar-refractivity contribution < 1.29 is 0 Å². The van der Waals surface area contributed by atoms with Crippen molar-refractivity contribution >= 4 is 45.1 Å². The Kier molecular flexibility index (Phi) is 14.3. The summed E-state index contributed by atoms with van der Waals surface area (Å²) >= 11 is 0. The first-order valence-electron chi connectivity index (χ1n) is 11.9. The van der Waals surface area contributed by atoms with Crippen molar-refractivity contribution in [3.05, 3.63) is 15.3 Å². The van der Waals surface area contributed by atoms with Gasteiger partial charge in [0.25, 0.3) is 0 Å². The number of rotatable bonds is 3. The number of nitrogens with zero attached hydrogens (tertiary/aromatic N) is 6. The van der Waals surface area contributed by atoms with E-state index in [0.717, 1.165) is 8.52 Å². The van der Waals surface area contributed by atoms with E-state index in [0.29, 0.717) is 0 Å². The average Bonchev–Trinajstić information content (AvgIpc) is 2.36. The van der Waals surface area contributed by atoms with Crippen molar-refractivity contribution in [2.24, 2.45) is 4.74 Å². The summed E-state index contributed by atoms with van der Waals surface area (Å²) in [4.78, 5) is 0. The van der Waals surface area contributed by atoms with Crippen LogP contribution in [0.1, 0.15) is 125 Å². The van der Waals surface area contributed by atoms with Gasteiger partial charge in [-0.2, -0.15) is 0 Å². The van der Waals surface area contributed by atoms with Gasteiger partial charge in [-0.15, -0.1) is 25.1 Å². The molecule has 1 aliphatic rings. The SMILES string of the molecule is CC(C)(C)N=P[N-]C(C)(C)C.CC(C)(C)[N-]P1N(C(C)(C)C)P([N-]C(C)(C)C)N1C(C)(C)C.[Ga+3]. The summed E-state index contributed by atoms with van der Waals surface area (Å²) in [5.74, 6) is 0. The molecule has 0 aromatic heterocycles. The van der Waals surface area contributed by atoms with Gasteiger partial charge in [0.05, 0.1) is 5.54 Å². The second-order valence-corrected chi connectivity index (χ2v) is 18.9.